The van der Waals surface area contributed by atoms with E-state index in [1.54, 1.807) is 24.5 Å². The summed E-state index contributed by atoms with van der Waals surface area (Å²) in [4.78, 5) is 16.0. The van der Waals surface area contributed by atoms with Gasteiger partial charge in [-0.25, -0.2) is 9.78 Å². The van der Waals surface area contributed by atoms with Gasteiger partial charge >= 0.3 is 5.97 Å². The van der Waals surface area contributed by atoms with E-state index in [0.29, 0.717) is 0 Å². The lowest BCUT2D eigenvalue weighted by atomic mass is 9.94. The molecule has 2 unspecified atom stereocenters. The van der Waals surface area contributed by atoms with Crippen LogP contribution in [0.4, 0.5) is 0 Å². The minimum Gasteiger partial charge on any atom is -0.456 e. The largest absolute Gasteiger partial charge is 0.456 e. The summed E-state index contributed by atoms with van der Waals surface area (Å²) in [6.45, 7) is 1.94. The number of nitrogens with zero attached hydrogens (tertiary/aromatic N) is 1. The summed E-state index contributed by atoms with van der Waals surface area (Å²) in [5, 5.41) is 2.90. The van der Waals surface area contributed by atoms with Gasteiger partial charge in [0.25, 0.3) is 0 Å². The molecule has 0 bridgehead atoms. The third kappa shape index (κ3) is 4.14. The number of hydrogen-bond donors (Lipinski definition) is 0. The minimum atomic E-state index is -0.320. The van der Waals surface area contributed by atoms with E-state index in [0.717, 1.165) is 36.4 Å². The monoisotopic (exact) mass is 281 g/mol. The Hall–Kier alpha value is -1.20. The van der Waals surface area contributed by atoms with Gasteiger partial charge in [0, 0.05) is 18.6 Å². The van der Waals surface area contributed by atoms with E-state index < -0.39 is 0 Å². The van der Waals surface area contributed by atoms with Gasteiger partial charge in [-0.3, -0.25) is 0 Å². The average Bonchev–Trinajstić information content (AvgIpc) is 2.83. The van der Waals surface area contributed by atoms with Crippen molar-refractivity contribution in [2.45, 2.75) is 44.8 Å². The normalized spacial score (nSPS) is 23.7. The number of carbonyl (C=O) groups excluding carboxylic acids is 1. The topological polar surface area (TPSA) is 48.4 Å². The zero-order valence-corrected chi connectivity index (χ0v) is 12.1. The summed E-state index contributed by atoms with van der Waals surface area (Å²) in [5.41, 5.74) is 0.798. The van der Waals surface area contributed by atoms with E-state index >= 15 is 0 Å². The Morgan fingerprint density at radius 2 is 2.16 bits per heavy atom. The Bertz CT molecular complexity index is 455. The number of methoxy groups -OCH3 is 1. The maximum absolute atomic E-state index is 11.8. The molecular formula is C14H19NO3S. The van der Waals surface area contributed by atoms with Crippen LogP contribution in [-0.4, -0.2) is 30.3 Å². The first kappa shape index (κ1) is 14.2. The Kier molecular flexibility index (Phi) is 5.10. The number of thiazole rings is 1. The van der Waals surface area contributed by atoms with E-state index in [-0.39, 0.29) is 18.2 Å². The molecule has 2 atom stereocenters. The number of aromatic nitrogens is 1. The predicted molar refractivity (Wildman–Crippen MR) is 75.0 cm³/mol. The Morgan fingerprint density at radius 1 is 1.42 bits per heavy atom. The molecular weight excluding hydrogens is 262 g/mol. The van der Waals surface area contributed by atoms with Crippen LogP contribution in [0.15, 0.2) is 11.5 Å². The van der Waals surface area contributed by atoms with Gasteiger partial charge < -0.3 is 9.47 Å². The van der Waals surface area contributed by atoms with Crippen molar-refractivity contribution in [2.24, 2.45) is 0 Å². The molecule has 19 heavy (non-hydrogen) atoms. The number of ether oxygens (including phenoxy) is 2. The highest BCUT2D eigenvalue weighted by Gasteiger charge is 2.27. The van der Waals surface area contributed by atoms with Gasteiger partial charge in [-0.15, -0.1) is 11.3 Å². The first-order valence-corrected chi connectivity index (χ1v) is 7.40. The van der Waals surface area contributed by atoms with Crippen molar-refractivity contribution >= 4 is 23.4 Å². The number of aryl methyl sites for hydroxylation is 1. The van der Waals surface area contributed by atoms with Gasteiger partial charge in [0.15, 0.2) is 0 Å². The maximum Gasteiger partial charge on any atom is 0.331 e. The third-order valence-electron chi connectivity index (χ3n) is 3.24. The molecule has 5 heteroatoms. The van der Waals surface area contributed by atoms with Crippen LogP contribution in [0.1, 0.15) is 36.4 Å². The van der Waals surface area contributed by atoms with Gasteiger partial charge in [0.05, 0.1) is 16.8 Å². The lowest BCUT2D eigenvalue weighted by molar-refractivity contribution is -0.153. The average molecular weight is 281 g/mol. The molecule has 1 aliphatic carbocycles. The fourth-order valence-electron chi connectivity index (χ4n) is 2.27. The highest BCUT2D eigenvalue weighted by Crippen LogP contribution is 2.23. The van der Waals surface area contributed by atoms with Crippen molar-refractivity contribution < 1.29 is 14.3 Å². The quantitative estimate of drug-likeness (QED) is 0.629. The van der Waals surface area contributed by atoms with Crippen molar-refractivity contribution in [3.05, 3.63) is 22.2 Å². The van der Waals surface area contributed by atoms with Crippen LogP contribution in [0.2, 0.25) is 0 Å². The Balaban J connectivity index is 1.88. The van der Waals surface area contributed by atoms with E-state index in [9.17, 15) is 4.79 Å². The van der Waals surface area contributed by atoms with Gasteiger partial charge in [-0.1, -0.05) is 6.42 Å². The molecule has 4 nitrogen and oxygen atoms in total. The Morgan fingerprint density at radius 3 is 2.79 bits per heavy atom. The van der Waals surface area contributed by atoms with Crippen LogP contribution in [0.3, 0.4) is 0 Å². The summed E-state index contributed by atoms with van der Waals surface area (Å²) in [7, 11) is 1.67. The molecule has 1 aliphatic rings. The van der Waals surface area contributed by atoms with Crippen molar-refractivity contribution in [1.29, 1.82) is 0 Å². The second kappa shape index (κ2) is 6.82. The molecule has 2 rings (SSSR count). The van der Waals surface area contributed by atoms with Crippen molar-refractivity contribution in [3.8, 4) is 0 Å². The molecule has 104 valence electrons. The number of rotatable bonds is 4. The summed E-state index contributed by atoms with van der Waals surface area (Å²) >= 11 is 1.56. The van der Waals surface area contributed by atoms with Crippen molar-refractivity contribution in [2.75, 3.05) is 7.11 Å². The summed E-state index contributed by atoms with van der Waals surface area (Å²) in [6, 6.07) is 0. The maximum atomic E-state index is 11.8. The molecule has 0 radical (unpaired) electrons. The lowest BCUT2D eigenvalue weighted by Gasteiger charge is -2.29. The van der Waals surface area contributed by atoms with Crippen molar-refractivity contribution in [1.82, 2.24) is 4.98 Å². The van der Waals surface area contributed by atoms with Gasteiger partial charge in [0.2, 0.25) is 0 Å². The summed E-state index contributed by atoms with van der Waals surface area (Å²) < 4.78 is 10.8. The third-order valence-corrected chi connectivity index (χ3v) is 4.03. The van der Waals surface area contributed by atoms with Crippen LogP contribution in [0.25, 0.3) is 6.08 Å². The number of hydrogen-bond acceptors (Lipinski definition) is 5. The predicted octanol–water partition coefficient (Wildman–Crippen LogP) is 2.97. The highest BCUT2D eigenvalue weighted by atomic mass is 32.1. The van der Waals surface area contributed by atoms with Crippen LogP contribution in [-0.2, 0) is 14.3 Å². The molecule has 0 aliphatic heterocycles. The molecule has 0 saturated heterocycles. The summed E-state index contributed by atoms with van der Waals surface area (Å²) in [6.07, 6.45) is 7.12. The second-order valence-electron chi connectivity index (χ2n) is 4.66. The molecule has 1 aromatic heterocycles. The van der Waals surface area contributed by atoms with Gasteiger partial charge in [0.1, 0.15) is 6.10 Å². The molecule has 0 N–H and O–H groups in total. The zero-order chi connectivity index (χ0) is 13.7. The van der Waals surface area contributed by atoms with Crippen molar-refractivity contribution in [3.63, 3.8) is 0 Å². The molecule has 1 saturated carbocycles. The fourth-order valence-corrected chi connectivity index (χ4v) is 2.85. The molecule has 1 heterocycles. The lowest BCUT2D eigenvalue weighted by Crippen LogP contribution is -2.35. The molecule has 0 spiro atoms. The van der Waals surface area contributed by atoms with Crippen LogP contribution >= 0.6 is 11.3 Å². The highest BCUT2D eigenvalue weighted by molar-refractivity contribution is 7.09. The van der Waals surface area contributed by atoms with Gasteiger partial charge in [-0.05, 0) is 32.3 Å². The molecule has 1 fully saturated rings. The van der Waals surface area contributed by atoms with Crippen LogP contribution < -0.4 is 0 Å². The first-order chi connectivity index (χ1) is 9.19. The molecule has 0 amide bonds. The van der Waals surface area contributed by atoms with E-state index in [4.69, 9.17) is 9.47 Å². The first-order valence-electron chi connectivity index (χ1n) is 6.52. The second-order valence-corrected chi connectivity index (χ2v) is 5.72. The van der Waals surface area contributed by atoms with E-state index in [1.807, 2.05) is 12.3 Å². The zero-order valence-electron chi connectivity index (χ0n) is 11.3. The molecule has 0 aromatic carbocycles. The SMILES string of the molecule is COC1CCCCC1OC(=O)C=Cc1csc(C)n1. The fraction of sp³-hybridized carbons (Fsp3) is 0.571. The van der Waals surface area contributed by atoms with E-state index in [2.05, 4.69) is 4.98 Å². The van der Waals surface area contributed by atoms with Gasteiger partial charge in [-0.2, -0.15) is 0 Å². The Labute approximate surface area is 117 Å². The number of esters is 1. The van der Waals surface area contributed by atoms with E-state index in [1.165, 1.54) is 6.08 Å². The standard InChI is InChI=1S/C14H19NO3S/c1-10-15-11(9-19-10)7-8-14(16)18-13-6-4-3-5-12(13)17-2/h7-9,12-13H,3-6H2,1-2H3. The smallest absolute Gasteiger partial charge is 0.331 e. The minimum absolute atomic E-state index is 0.0348. The summed E-state index contributed by atoms with van der Waals surface area (Å²) in [5.74, 6) is -0.320. The van der Waals surface area contributed by atoms with Crippen LogP contribution in [0.5, 0.6) is 0 Å². The molecule has 1 aromatic rings. The van der Waals surface area contributed by atoms with Crippen LogP contribution in [0, 0.1) is 6.92 Å². The number of carbonyl (C=O) groups is 1.